The normalized spacial score (nSPS) is 10.7. The Bertz CT molecular complexity index is 684. The van der Waals surface area contributed by atoms with Crippen molar-refractivity contribution >= 4 is 34.7 Å². The second kappa shape index (κ2) is 6.37. The van der Waals surface area contributed by atoms with Gasteiger partial charge in [-0.2, -0.15) is 0 Å². The summed E-state index contributed by atoms with van der Waals surface area (Å²) in [7, 11) is 0. The summed E-state index contributed by atoms with van der Waals surface area (Å²) in [5.41, 5.74) is 7.02. The molecule has 0 amide bonds. The predicted molar refractivity (Wildman–Crippen MR) is 86.5 cm³/mol. The molecule has 5 heteroatoms. The van der Waals surface area contributed by atoms with Crippen LogP contribution in [0.3, 0.4) is 0 Å². The number of anilines is 1. The minimum atomic E-state index is -0.234. The monoisotopic (exact) mass is 323 g/mol. The number of nitrogens with two attached hydrogens (primary N) is 1. The van der Waals surface area contributed by atoms with E-state index < -0.39 is 0 Å². The Morgan fingerprint density at radius 2 is 1.90 bits per heavy atom. The first kappa shape index (κ1) is 15.7. The minimum Gasteiger partial charge on any atom is -0.489 e. The van der Waals surface area contributed by atoms with E-state index in [-0.39, 0.29) is 11.9 Å². The fourth-order valence-corrected chi connectivity index (χ4v) is 2.46. The molecule has 0 aromatic heterocycles. The fourth-order valence-electron chi connectivity index (χ4n) is 1.92. The van der Waals surface area contributed by atoms with Crippen molar-refractivity contribution in [1.82, 2.24) is 0 Å². The minimum absolute atomic E-state index is 0.115. The second-order valence-corrected chi connectivity index (χ2v) is 5.73. The molecule has 2 N–H and O–H groups in total. The van der Waals surface area contributed by atoms with Crippen molar-refractivity contribution in [2.45, 2.75) is 20.0 Å². The van der Waals surface area contributed by atoms with Crippen molar-refractivity contribution < 1.29 is 9.53 Å². The fraction of sp³-hybridized carbons (Fsp3) is 0.188. The van der Waals surface area contributed by atoms with Gasteiger partial charge in [0.05, 0.1) is 16.7 Å². The van der Waals surface area contributed by atoms with E-state index in [0.717, 1.165) is 0 Å². The molecule has 0 bridgehead atoms. The summed E-state index contributed by atoms with van der Waals surface area (Å²) in [4.78, 5) is 12.7. The lowest BCUT2D eigenvalue weighted by atomic mass is 10.0. The lowest BCUT2D eigenvalue weighted by Crippen LogP contribution is -2.11. The second-order valence-electron chi connectivity index (χ2n) is 4.89. The number of carbonyl (C=O) groups excluding carboxylic acids is 1. The van der Waals surface area contributed by atoms with Gasteiger partial charge in [0.25, 0.3) is 0 Å². The number of hydrogen-bond donors (Lipinski definition) is 1. The molecular formula is C16H15Cl2NO2. The first-order chi connectivity index (χ1) is 9.88. The van der Waals surface area contributed by atoms with Gasteiger partial charge < -0.3 is 10.5 Å². The van der Waals surface area contributed by atoms with E-state index >= 15 is 0 Å². The molecule has 0 aliphatic heterocycles. The van der Waals surface area contributed by atoms with E-state index in [0.29, 0.717) is 32.6 Å². The van der Waals surface area contributed by atoms with E-state index in [9.17, 15) is 4.79 Å². The van der Waals surface area contributed by atoms with Gasteiger partial charge in [-0.3, -0.25) is 4.79 Å². The third-order valence-corrected chi connectivity index (χ3v) is 3.25. The highest BCUT2D eigenvalue weighted by molar-refractivity contribution is 6.36. The molecule has 3 nitrogen and oxygen atoms in total. The van der Waals surface area contributed by atoms with Crippen molar-refractivity contribution in [3.05, 3.63) is 57.6 Å². The quantitative estimate of drug-likeness (QED) is 0.661. The van der Waals surface area contributed by atoms with Crippen LogP contribution >= 0.6 is 23.2 Å². The zero-order chi connectivity index (χ0) is 15.6. The van der Waals surface area contributed by atoms with Crippen LogP contribution in [0.4, 0.5) is 5.69 Å². The number of halogens is 2. The standard InChI is InChI=1S/C16H15Cl2NO2/c1-9(2)21-16-13(7-11(17)8-14(16)18)15(20)10-4-3-5-12(19)6-10/h3-9H,19H2,1-2H3. The molecule has 0 atom stereocenters. The van der Waals surface area contributed by atoms with Crippen molar-refractivity contribution in [3.63, 3.8) is 0 Å². The van der Waals surface area contributed by atoms with Crippen LogP contribution in [0.15, 0.2) is 36.4 Å². The lowest BCUT2D eigenvalue weighted by molar-refractivity contribution is 0.103. The summed E-state index contributed by atoms with van der Waals surface area (Å²) in [5, 5.41) is 0.687. The Balaban J connectivity index is 2.54. The number of ether oxygens (including phenoxy) is 1. The summed E-state index contributed by atoms with van der Waals surface area (Å²) in [6, 6.07) is 9.83. The maximum Gasteiger partial charge on any atom is 0.196 e. The number of carbonyl (C=O) groups is 1. The summed E-state index contributed by atoms with van der Waals surface area (Å²) in [5.74, 6) is 0.103. The van der Waals surface area contributed by atoms with Gasteiger partial charge in [-0.25, -0.2) is 0 Å². The van der Waals surface area contributed by atoms with Crippen LogP contribution < -0.4 is 10.5 Å². The van der Waals surface area contributed by atoms with Crippen LogP contribution in [0, 0.1) is 0 Å². The molecule has 0 aliphatic rings. The number of benzene rings is 2. The number of rotatable bonds is 4. The van der Waals surface area contributed by atoms with Crippen molar-refractivity contribution in [2.75, 3.05) is 5.73 Å². The Kier molecular flexibility index (Phi) is 4.76. The molecule has 0 saturated heterocycles. The highest BCUT2D eigenvalue weighted by atomic mass is 35.5. The first-order valence-corrected chi connectivity index (χ1v) is 7.20. The van der Waals surface area contributed by atoms with Crippen LogP contribution in [0.1, 0.15) is 29.8 Å². The summed E-state index contributed by atoms with van der Waals surface area (Å²) in [6.07, 6.45) is -0.115. The maximum atomic E-state index is 12.7. The lowest BCUT2D eigenvalue weighted by Gasteiger charge is -2.16. The third-order valence-electron chi connectivity index (χ3n) is 2.76. The zero-order valence-electron chi connectivity index (χ0n) is 11.7. The van der Waals surface area contributed by atoms with Gasteiger partial charge in [0.2, 0.25) is 0 Å². The number of hydrogen-bond acceptors (Lipinski definition) is 3. The van der Waals surface area contributed by atoms with Gasteiger partial charge in [-0.1, -0.05) is 35.3 Å². The summed E-state index contributed by atoms with van der Waals surface area (Å²) >= 11 is 12.2. The Morgan fingerprint density at radius 1 is 1.19 bits per heavy atom. The third kappa shape index (κ3) is 3.69. The van der Waals surface area contributed by atoms with E-state index in [1.807, 2.05) is 13.8 Å². The van der Waals surface area contributed by atoms with Crippen LogP contribution in [0.25, 0.3) is 0 Å². The maximum absolute atomic E-state index is 12.7. The number of nitrogen functional groups attached to an aromatic ring is 1. The average molecular weight is 324 g/mol. The zero-order valence-corrected chi connectivity index (χ0v) is 13.2. The van der Waals surface area contributed by atoms with Gasteiger partial charge >= 0.3 is 0 Å². The van der Waals surface area contributed by atoms with Crippen LogP contribution in [0.5, 0.6) is 5.75 Å². The molecule has 0 fully saturated rings. The molecule has 0 spiro atoms. The predicted octanol–water partition coefficient (Wildman–Crippen LogP) is 4.59. The molecule has 0 saturated carbocycles. The van der Waals surface area contributed by atoms with Gasteiger partial charge in [0.1, 0.15) is 5.75 Å². The molecule has 2 aromatic carbocycles. The van der Waals surface area contributed by atoms with Gasteiger partial charge in [0, 0.05) is 16.3 Å². The smallest absolute Gasteiger partial charge is 0.196 e. The highest BCUT2D eigenvalue weighted by Crippen LogP contribution is 2.34. The van der Waals surface area contributed by atoms with Crippen LogP contribution in [0.2, 0.25) is 10.0 Å². The van der Waals surface area contributed by atoms with E-state index in [4.69, 9.17) is 33.7 Å². The largest absolute Gasteiger partial charge is 0.489 e. The molecule has 110 valence electrons. The van der Waals surface area contributed by atoms with E-state index in [2.05, 4.69) is 0 Å². The molecule has 0 aliphatic carbocycles. The highest BCUT2D eigenvalue weighted by Gasteiger charge is 2.19. The van der Waals surface area contributed by atoms with Crippen molar-refractivity contribution in [2.24, 2.45) is 0 Å². The molecule has 21 heavy (non-hydrogen) atoms. The molecule has 2 aromatic rings. The van der Waals surface area contributed by atoms with Crippen molar-refractivity contribution in [1.29, 1.82) is 0 Å². The Morgan fingerprint density at radius 3 is 2.52 bits per heavy atom. The average Bonchev–Trinajstić information content (AvgIpc) is 2.40. The van der Waals surface area contributed by atoms with Crippen molar-refractivity contribution in [3.8, 4) is 5.75 Å². The molecular weight excluding hydrogens is 309 g/mol. The first-order valence-electron chi connectivity index (χ1n) is 6.44. The molecule has 2 rings (SSSR count). The summed E-state index contributed by atoms with van der Waals surface area (Å²) < 4.78 is 5.66. The molecule has 0 heterocycles. The molecule has 0 radical (unpaired) electrons. The number of ketones is 1. The molecule has 0 unspecified atom stereocenters. The van der Waals surface area contributed by atoms with Gasteiger partial charge in [-0.15, -0.1) is 0 Å². The van der Waals surface area contributed by atoms with Gasteiger partial charge in [-0.05, 0) is 38.1 Å². The van der Waals surface area contributed by atoms with E-state index in [1.54, 1.807) is 36.4 Å². The Labute approximate surface area is 133 Å². The van der Waals surface area contributed by atoms with Gasteiger partial charge in [0.15, 0.2) is 5.78 Å². The van der Waals surface area contributed by atoms with Crippen LogP contribution in [-0.2, 0) is 0 Å². The SMILES string of the molecule is CC(C)Oc1c(Cl)cc(Cl)cc1C(=O)c1cccc(N)c1. The topological polar surface area (TPSA) is 52.3 Å². The summed E-state index contributed by atoms with van der Waals surface area (Å²) in [6.45, 7) is 3.72. The van der Waals surface area contributed by atoms with E-state index in [1.165, 1.54) is 0 Å². The van der Waals surface area contributed by atoms with Crippen LogP contribution in [-0.4, -0.2) is 11.9 Å². The Hall–Kier alpha value is -1.71.